The predicted molar refractivity (Wildman–Crippen MR) is 306 cm³/mol. The standard InChI is InChI=1S/C64H119NO5/c1-3-5-7-9-11-13-15-17-19-20-26-30-34-38-42-46-50-54-58-64(69)70-59-55-51-47-43-39-35-31-27-24-22-21-23-25-29-33-37-41-45-49-53-57-63(68)65-61(60-66)62(67)56-52-48-44-40-36-32-28-18-16-14-12-10-8-6-4-2/h13,15,19-21,23,52,56,61-62,66-67H,3-12,14,16-18,22,24-51,53-55,57-60H2,1-2H3,(H,65,68)/b15-13-,20-19-,23-21-,56-52+. The number of rotatable bonds is 57. The van der Waals surface area contributed by atoms with Gasteiger partial charge in [-0.15, -0.1) is 0 Å². The van der Waals surface area contributed by atoms with Crippen LogP contribution in [0.3, 0.4) is 0 Å². The fourth-order valence-electron chi connectivity index (χ4n) is 9.31. The minimum absolute atomic E-state index is 0.00207. The van der Waals surface area contributed by atoms with Crippen LogP contribution < -0.4 is 5.32 Å². The van der Waals surface area contributed by atoms with Crippen molar-refractivity contribution in [3.63, 3.8) is 0 Å². The largest absolute Gasteiger partial charge is 0.466 e. The highest BCUT2D eigenvalue weighted by Crippen LogP contribution is 2.16. The van der Waals surface area contributed by atoms with Gasteiger partial charge in [0.15, 0.2) is 0 Å². The molecule has 410 valence electrons. The van der Waals surface area contributed by atoms with Crippen LogP contribution in [0.5, 0.6) is 0 Å². The Bertz CT molecular complexity index is 1180. The molecular weight excluding hydrogens is 863 g/mol. The molecule has 1 amide bonds. The molecule has 0 saturated heterocycles. The second kappa shape index (κ2) is 59.4. The summed E-state index contributed by atoms with van der Waals surface area (Å²) in [6.07, 6.45) is 75.7. The summed E-state index contributed by atoms with van der Waals surface area (Å²) < 4.78 is 5.49. The molecule has 0 aromatic carbocycles. The van der Waals surface area contributed by atoms with E-state index in [1.54, 1.807) is 6.08 Å². The van der Waals surface area contributed by atoms with E-state index in [2.05, 4.69) is 55.6 Å². The molecule has 0 aromatic rings. The molecule has 0 fully saturated rings. The van der Waals surface area contributed by atoms with Crippen LogP contribution in [0, 0.1) is 0 Å². The fraction of sp³-hybridized carbons (Fsp3) is 0.844. The number of carbonyl (C=O) groups is 2. The van der Waals surface area contributed by atoms with Crippen molar-refractivity contribution in [3.8, 4) is 0 Å². The molecule has 6 heteroatoms. The molecular formula is C64H119NO5. The van der Waals surface area contributed by atoms with Gasteiger partial charge in [-0.25, -0.2) is 0 Å². The van der Waals surface area contributed by atoms with Gasteiger partial charge in [-0.2, -0.15) is 0 Å². The molecule has 0 spiro atoms. The monoisotopic (exact) mass is 982 g/mol. The van der Waals surface area contributed by atoms with Crippen LogP contribution in [0.4, 0.5) is 0 Å². The molecule has 2 atom stereocenters. The Hall–Kier alpha value is -2.18. The lowest BCUT2D eigenvalue weighted by atomic mass is 10.0. The molecule has 0 radical (unpaired) electrons. The minimum atomic E-state index is -0.851. The summed E-state index contributed by atoms with van der Waals surface area (Å²) in [7, 11) is 0. The van der Waals surface area contributed by atoms with Crippen molar-refractivity contribution in [1.82, 2.24) is 5.32 Å². The van der Waals surface area contributed by atoms with Gasteiger partial charge in [0.25, 0.3) is 0 Å². The number of hydrogen-bond acceptors (Lipinski definition) is 5. The second-order valence-corrected chi connectivity index (χ2v) is 21.0. The summed E-state index contributed by atoms with van der Waals surface area (Å²) in [6, 6.07) is -0.635. The molecule has 0 bridgehead atoms. The van der Waals surface area contributed by atoms with Gasteiger partial charge in [0, 0.05) is 12.8 Å². The van der Waals surface area contributed by atoms with Crippen molar-refractivity contribution in [2.45, 2.75) is 334 Å². The maximum Gasteiger partial charge on any atom is 0.305 e. The quantitative estimate of drug-likeness (QED) is 0.0321. The van der Waals surface area contributed by atoms with E-state index >= 15 is 0 Å². The van der Waals surface area contributed by atoms with Gasteiger partial charge in [0.2, 0.25) is 5.91 Å². The normalized spacial score (nSPS) is 12.9. The Morgan fingerprint density at radius 3 is 1.11 bits per heavy atom. The number of hydrogen-bond donors (Lipinski definition) is 3. The first kappa shape index (κ1) is 67.8. The van der Waals surface area contributed by atoms with Gasteiger partial charge in [0.05, 0.1) is 25.4 Å². The third kappa shape index (κ3) is 55.1. The molecule has 0 heterocycles. The zero-order valence-corrected chi connectivity index (χ0v) is 46.7. The summed E-state index contributed by atoms with van der Waals surface area (Å²) in [5, 5.41) is 23.1. The molecule has 0 aliphatic rings. The average molecular weight is 983 g/mol. The van der Waals surface area contributed by atoms with E-state index < -0.39 is 12.1 Å². The summed E-state index contributed by atoms with van der Waals surface area (Å²) in [5.41, 5.74) is 0. The number of nitrogens with one attached hydrogen (secondary N) is 1. The number of ether oxygens (including phenoxy) is 1. The Labute approximate surface area is 436 Å². The lowest BCUT2D eigenvalue weighted by molar-refractivity contribution is -0.143. The van der Waals surface area contributed by atoms with Gasteiger partial charge in [-0.05, 0) is 89.9 Å². The van der Waals surface area contributed by atoms with Crippen LogP contribution >= 0.6 is 0 Å². The molecule has 0 rings (SSSR count). The SMILES string of the molecule is CCCCCC/C=C\C/C=C\CCCCCCCCCC(=O)OCCCCCCCCCCC/C=C\CCCCCCCCCC(=O)NC(CO)C(O)/C=C/CCCCCCCCCCCCCCC. The number of amides is 1. The maximum atomic E-state index is 12.5. The first-order valence-electron chi connectivity index (χ1n) is 30.9. The first-order valence-corrected chi connectivity index (χ1v) is 30.9. The zero-order valence-electron chi connectivity index (χ0n) is 46.7. The Kier molecular flexibility index (Phi) is 57.5. The Morgan fingerprint density at radius 1 is 0.400 bits per heavy atom. The van der Waals surface area contributed by atoms with Crippen molar-refractivity contribution >= 4 is 11.9 Å². The smallest absolute Gasteiger partial charge is 0.305 e. The van der Waals surface area contributed by atoms with Crippen molar-refractivity contribution in [1.29, 1.82) is 0 Å². The molecule has 0 aliphatic carbocycles. The fourth-order valence-corrected chi connectivity index (χ4v) is 9.31. The molecule has 2 unspecified atom stereocenters. The lowest BCUT2D eigenvalue weighted by Gasteiger charge is -2.20. The van der Waals surface area contributed by atoms with Crippen LogP contribution in [0.25, 0.3) is 0 Å². The van der Waals surface area contributed by atoms with Crippen LogP contribution in [-0.2, 0) is 14.3 Å². The predicted octanol–water partition coefficient (Wildman–Crippen LogP) is 19.4. The van der Waals surface area contributed by atoms with Gasteiger partial charge in [-0.1, -0.05) is 268 Å². The summed E-state index contributed by atoms with van der Waals surface area (Å²) in [4.78, 5) is 24.5. The number of carbonyl (C=O) groups excluding carboxylic acids is 2. The summed E-state index contributed by atoms with van der Waals surface area (Å²) in [5.74, 6) is -0.0785. The summed E-state index contributed by atoms with van der Waals surface area (Å²) >= 11 is 0. The lowest BCUT2D eigenvalue weighted by Crippen LogP contribution is -2.45. The number of aliphatic hydroxyl groups excluding tert-OH is 2. The Morgan fingerprint density at radius 2 is 0.714 bits per heavy atom. The van der Waals surface area contributed by atoms with Gasteiger partial charge in [-0.3, -0.25) is 9.59 Å². The van der Waals surface area contributed by atoms with Crippen molar-refractivity contribution < 1.29 is 24.5 Å². The molecule has 0 aromatic heterocycles. The van der Waals surface area contributed by atoms with Gasteiger partial charge >= 0.3 is 5.97 Å². The molecule has 70 heavy (non-hydrogen) atoms. The Balaban J connectivity index is 3.45. The molecule has 0 saturated carbocycles. The van der Waals surface area contributed by atoms with Crippen molar-refractivity contribution in [2.75, 3.05) is 13.2 Å². The maximum absolute atomic E-state index is 12.5. The van der Waals surface area contributed by atoms with E-state index in [-0.39, 0.29) is 18.5 Å². The number of aliphatic hydroxyl groups is 2. The highest BCUT2D eigenvalue weighted by molar-refractivity contribution is 5.76. The number of esters is 1. The van der Waals surface area contributed by atoms with E-state index in [4.69, 9.17) is 4.74 Å². The molecule has 0 aliphatic heterocycles. The third-order valence-electron chi connectivity index (χ3n) is 14.1. The number of allylic oxidation sites excluding steroid dienone is 7. The van der Waals surface area contributed by atoms with E-state index in [1.807, 2.05) is 6.08 Å². The van der Waals surface area contributed by atoms with Crippen molar-refractivity contribution in [2.24, 2.45) is 0 Å². The molecule has 3 N–H and O–H groups in total. The van der Waals surface area contributed by atoms with E-state index in [9.17, 15) is 19.8 Å². The number of unbranched alkanes of at least 4 members (excludes halogenated alkanes) is 40. The van der Waals surface area contributed by atoms with Crippen LogP contribution in [0.15, 0.2) is 48.6 Å². The van der Waals surface area contributed by atoms with E-state index in [0.717, 1.165) is 57.8 Å². The van der Waals surface area contributed by atoms with Crippen molar-refractivity contribution in [3.05, 3.63) is 48.6 Å². The highest BCUT2D eigenvalue weighted by Gasteiger charge is 2.18. The second-order valence-electron chi connectivity index (χ2n) is 21.0. The molecule has 6 nitrogen and oxygen atoms in total. The summed E-state index contributed by atoms with van der Waals surface area (Å²) in [6.45, 7) is 4.88. The zero-order chi connectivity index (χ0) is 50.7. The van der Waals surface area contributed by atoms with Crippen LogP contribution in [0.1, 0.15) is 322 Å². The van der Waals surface area contributed by atoms with Crippen LogP contribution in [0.2, 0.25) is 0 Å². The topological polar surface area (TPSA) is 95.9 Å². The third-order valence-corrected chi connectivity index (χ3v) is 14.1. The average Bonchev–Trinajstić information content (AvgIpc) is 3.36. The first-order chi connectivity index (χ1) is 34.5. The van der Waals surface area contributed by atoms with E-state index in [0.29, 0.717) is 19.4 Å². The van der Waals surface area contributed by atoms with Gasteiger partial charge in [0.1, 0.15) is 0 Å². The minimum Gasteiger partial charge on any atom is -0.466 e. The van der Waals surface area contributed by atoms with Crippen LogP contribution in [-0.4, -0.2) is 47.4 Å². The van der Waals surface area contributed by atoms with E-state index in [1.165, 1.54) is 238 Å². The highest BCUT2D eigenvalue weighted by atomic mass is 16.5. The van der Waals surface area contributed by atoms with Gasteiger partial charge < -0.3 is 20.3 Å².